The van der Waals surface area contributed by atoms with Gasteiger partial charge in [-0.05, 0) is 57.1 Å². The van der Waals surface area contributed by atoms with E-state index in [-0.39, 0.29) is 12.2 Å². The highest BCUT2D eigenvalue weighted by molar-refractivity contribution is 7.99. The van der Waals surface area contributed by atoms with Gasteiger partial charge in [0.15, 0.2) is 0 Å². The van der Waals surface area contributed by atoms with Gasteiger partial charge in [-0.3, -0.25) is 0 Å². The van der Waals surface area contributed by atoms with E-state index in [1.807, 2.05) is 62.9 Å². The van der Waals surface area contributed by atoms with Crippen LogP contribution in [0.2, 0.25) is 0 Å². The van der Waals surface area contributed by atoms with Crippen LogP contribution in [0.4, 0.5) is 9.59 Å². The van der Waals surface area contributed by atoms with Crippen LogP contribution in [0, 0.1) is 0 Å². The molecule has 1 aromatic rings. The van der Waals surface area contributed by atoms with E-state index >= 15 is 0 Å². The lowest BCUT2D eigenvalue weighted by Gasteiger charge is -2.19. The van der Waals surface area contributed by atoms with Crippen molar-refractivity contribution >= 4 is 23.9 Å². The van der Waals surface area contributed by atoms with Crippen LogP contribution in [0.5, 0.6) is 0 Å². The summed E-state index contributed by atoms with van der Waals surface area (Å²) >= 11 is 1.85. The van der Waals surface area contributed by atoms with Crippen LogP contribution in [0.25, 0.3) is 0 Å². The van der Waals surface area contributed by atoms with E-state index in [1.165, 1.54) is 0 Å². The van der Waals surface area contributed by atoms with Crippen molar-refractivity contribution < 1.29 is 19.1 Å². The molecule has 0 bridgehead atoms. The van der Waals surface area contributed by atoms with Gasteiger partial charge in [-0.25, -0.2) is 9.59 Å². The van der Waals surface area contributed by atoms with Gasteiger partial charge < -0.3 is 20.1 Å². The average molecular weight is 397 g/mol. The van der Waals surface area contributed by atoms with Gasteiger partial charge in [0, 0.05) is 13.1 Å². The van der Waals surface area contributed by atoms with Crippen molar-refractivity contribution in [2.24, 2.45) is 0 Å². The van der Waals surface area contributed by atoms with Gasteiger partial charge in [-0.1, -0.05) is 30.3 Å². The average Bonchev–Trinajstić information content (AvgIpc) is 2.61. The Bertz CT molecular complexity index is 547. The summed E-state index contributed by atoms with van der Waals surface area (Å²) < 4.78 is 10.3. The maximum Gasteiger partial charge on any atom is 0.407 e. The normalized spacial score (nSPS) is 10.9. The first kappa shape index (κ1) is 23.1. The smallest absolute Gasteiger partial charge is 0.407 e. The molecule has 1 aromatic carbocycles. The van der Waals surface area contributed by atoms with E-state index in [2.05, 4.69) is 10.6 Å². The first-order chi connectivity index (χ1) is 12.9. The molecule has 152 valence electrons. The number of amides is 2. The van der Waals surface area contributed by atoms with Gasteiger partial charge in [0.2, 0.25) is 0 Å². The van der Waals surface area contributed by atoms with Gasteiger partial charge in [0.1, 0.15) is 12.2 Å². The lowest BCUT2D eigenvalue weighted by Crippen LogP contribution is -2.33. The Morgan fingerprint density at radius 3 is 2.26 bits per heavy atom. The molecule has 0 aliphatic carbocycles. The second kappa shape index (κ2) is 13.3. The van der Waals surface area contributed by atoms with Crippen molar-refractivity contribution in [1.82, 2.24) is 10.6 Å². The molecule has 0 saturated heterocycles. The van der Waals surface area contributed by atoms with E-state index in [0.717, 1.165) is 36.3 Å². The highest BCUT2D eigenvalue weighted by atomic mass is 32.2. The molecule has 0 aliphatic heterocycles. The molecule has 0 saturated carbocycles. The van der Waals surface area contributed by atoms with Crippen molar-refractivity contribution in [3.05, 3.63) is 35.9 Å². The predicted molar refractivity (Wildman–Crippen MR) is 110 cm³/mol. The summed E-state index contributed by atoms with van der Waals surface area (Å²) in [7, 11) is 0. The fraction of sp³-hybridized carbons (Fsp3) is 0.600. The second-order valence-corrected chi connectivity index (χ2v) is 8.31. The molecule has 0 atom stereocenters. The third-order valence-electron chi connectivity index (χ3n) is 3.33. The molecule has 2 N–H and O–H groups in total. The Morgan fingerprint density at radius 1 is 0.926 bits per heavy atom. The van der Waals surface area contributed by atoms with E-state index in [4.69, 9.17) is 9.47 Å². The number of nitrogens with one attached hydrogen (secondary N) is 2. The SMILES string of the molecule is CC(C)(C)OC(=O)NCCCCSCCCNC(=O)OCc1ccccc1. The maximum atomic E-state index is 11.6. The van der Waals surface area contributed by atoms with Crippen molar-refractivity contribution in [2.45, 2.75) is 52.2 Å². The van der Waals surface area contributed by atoms with Gasteiger partial charge in [-0.2, -0.15) is 11.8 Å². The largest absolute Gasteiger partial charge is 0.445 e. The predicted octanol–water partition coefficient (Wildman–Crippen LogP) is 4.34. The first-order valence-electron chi connectivity index (χ1n) is 9.36. The number of thioether (sulfide) groups is 1. The Balaban J connectivity index is 1.87. The highest BCUT2D eigenvalue weighted by Gasteiger charge is 2.15. The number of ether oxygens (including phenoxy) is 2. The molecular weight excluding hydrogens is 364 g/mol. The quantitative estimate of drug-likeness (QED) is 0.544. The van der Waals surface area contributed by atoms with E-state index < -0.39 is 5.60 Å². The molecule has 0 radical (unpaired) electrons. The van der Waals surface area contributed by atoms with Crippen molar-refractivity contribution in [3.63, 3.8) is 0 Å². The van der Waals surface area contributed by atoms with Crippen LogP contribution >= 0.6 is 11.8 Å². The summed E-state index contributed by atoms with van der Waals surface area (Å²) in [6, 6.07) is 9.61. The summed E-state index contributed by atoms with van der Waals surface area (Å²) in [6.07, 6.45) is 2.13. The zero-order valence-electron chi connectivity index (χ0n) is 16.6. The molecule has 0 aromatic heterocycles. The maximum absolute atomic E-state index is 11.6. The Hall–Kier alpha value is -1.89. The van der Waals surface area contributed by atoms with Crippen LogP contribution < -0.4 is 10.6 Å². The molecular formula is C20H32N2O4S. The van der Waals surface area contributed by atoms with Crippen LogP contribution in [0.15, 0.2) is 30.3 Å². The number of unbranched alkanes of at least 4 members (excludes halogenated alkanes) is 1. The molecule has 0 spiro atoms. The van der Waals surface area contributed by atoms with E-state index in [1.54, 1.807) is 0 Å². The van der Waals surface area contributed by atoms with Gasteiger partial charge >= 0.3 is 12.2 Å². The Labute approximate surface area is 166 Å². The molecule has 7 heteroatoms. The number of carbonyl (C=O) groups is 2. The van der Waals surface area contributed by atoms with Crippen molar-refractivity contribution in [3.8, 4) is 0 Å². The zero-order valence-corrected chi connectivity index (χ0v) is 17.4. The first-order valence-corrected chi connectivity index (χ1v) is 10.5. The zero-order chi connectivity index (χ0) is 20.0. The molecule has 0 fully saturated rings. The second-order valence-electron chi connectivity index (χ2n) is 7.09. The summed E-state index contributed by atoms with van der Waals surface area (Å²) in [5, 5.41) is 5.51. The number of hydrogen-bond acceptors (Lipinski definition) is 5. The minimum atomic E-state index is -0.456. The molecule has 1 rings (SSSR count). The fourth-order valence-corrected chi connectivity index (χ4v) is 3.04. The number of alkyl carbamates (subject to hydrolysis) is 2. The minimum Gasteiger partial charge on any atom is -0.445 e. The number of carbonyl (C=O) groups excluding carboxylic acids is 2. The third kappa shape index (κ3) is 13.9. The summed E-state index contributed by atoms with van der Waals surface area (Å²) in [5.74, 6) is 2.02. The summed E-state index contributed by atoms with van der Waals surface area (Å²) in [5.41, 5.74) is 0.520. The lowest BCUT2D eigenvalue weighted by atomic mass is 10.2. The highest BCUT2D eigenvalue weighted by Crippen LogP contribution is 2.08. The standard InChI is InChI=1S/C20H32N2O4S/c1-20(2,3)26-19(24)22-12-7-8-14-27-15-9-13-21-18(23)25-16-17-10-5-4-6-11-17/h4-6,10-11H,7-9,12-16H2,1-3H3,(H,21,23)(H,22,24). The van der Waals surface area contributed by atoms with Crippen LogP contribution in [0.1, 0.15) is 45.6 Å². The van der Waals surface area contributed by atoms with Crippen molar-refractivity contribution in [2.75, 3.05) is 24.6 Å². The Kier molecular flexibility index (Phi) is 11.4. The summed E-state index contributed by atoms with van der Waals surface area (Å²) in [4.78, 5) is 23.0. The van der Waals surface area contributed by atoms with Crippen LogP contribution in [0.3, 0.4) is 0 Å². The fourth-order valence-electron chi connectivity index (χ4n) is 2.07. The summed E-state index contributed by atoms with van der Waals surface area (Å²) in [6.45, 7) is 7.08. The molecule has 0 unspecified atom stereocenters. The molecule has 6 nitrogen and oxygen atoms in total. The molecule has 0 heterocycles. The van der Waals surface area contributed by atoms with Gasteiger partial charge in [0.05, 0.1) is 0 Å². The van der Waals surface area contributed by atoms with Crippen LogP contribution in [-0.4, -0.2) is 42.4 Å². The van der Waals surface area contributed by atoms with Crippen molar-refractivity contribution in [1.29, 1.82) is 0 Å². The number of rotatable bonds is 11. The topological polar surface area (TPSA) is 76.7 Å². The third-order valence-corrected chi connectivity index (χ3v) is 4.49. The molecule has 2 amide bonds. The number of hydrogen-bond donors (Lipinski definition) is 2. The van der Waals surface area contributed by atoms with Gasteiger partial charge in [0.25, 0.3) is 0 Å². The Morgan fingerprint density at radius 2 is 1.56 bits per heavy atom. The van der Waals surface area contributed by atoms with Crippen LogP contribution in [-0.2, 0) is 16.1 Å². The monoisotopic (exact) mass is 396 g/mol. The number of benzene rings is 1. The molecule has 27 heavy (non-hydrogen) atoms. The van der Waals surface area contributed by atoms with E-state index in [0.29, 0.717) is 19.7 Å². The van der Waals surface area contributed by atoms with Gasteiger partial charge in [-0.15, -0.1) is 0 Å². The van der Waals surface area contributed by atoms with E-state index in [9.17, 15) is 9.59 Å². The minimum absolute atomic E-state index is 0.290. The lowest BCUT2D eigenvalue weighted by molar-refractivity contribution is 0.0527. The molecule has 0 aliphatic rings.